The van der Waals surface area contributed by atoms with Crippen LogP contribution < -0.4 is 0 Å². The first kappa shape index (κ1) is 15.6. The smallest absolute Gasteiger partial charge is 0.310 e. The van der Waals surface area contributed by atoms with Crippen LogP contribution in [0.5, 0.6) is 0 Å². The van der Waals surface area contributed by atoms with Gasteiger partial charge in [-0.05, 0) is 36.2 Å². The van der Waals surface area contributed by atoms with Crippen molar-refractivity contribution >= 4 is 16.7 Å². The van der Waals surface area contributed by atoms with Crippen molar-refractivity contribution in [3.05, 3.63) is 48.0 Å². The molecule has 24 heavy (non-hydrogen) atoms. The number of fused-ring (bicyclic) bond motifs is 3. The number of nitrogens with zero attached hydrogens (tertiary/aromatic N) is 1. The fourth-order valence-corrected chi connectivity index (χ4v) is 4.75. The SMILES string of the molecule is COC(=O)[C@@H]1[C@H]2[C@H](O)C[C@H](C[C@@H]1c1ccc3ccccc3c1)N2C. The number of hydrogen-bond acceptors (Lipinski definition) is 4. The second kappa shape index (κ2) is 5.87. The lowest BCUT2D eigenvalue weighted by molar-refractivity contribution is -0.151. The number of benzene rings is 2. The van der Waals surface area contributed by atoms with Gasteiger partial charge in [0, 0.05) is 18.0 Å². The lowest BCUT2D eigenvalue weighted by Crippen LogP contribution is -2.51. The van der Waals surface area contributed by atoms with Crippen LogP contribution in [-0.4, -0.2) is 48.3 Å². The fourth-order valence-electron chi connectivity index (χ4n) is 4.75. The van der Waals surface area contributed by atoms with Gasteiger partial charge in [0.15, 0.2) is 0 Å². The minimum Gasteiger partial charge on any atom is -0.469 e. The fraction of sp³-hybridized carbons (Fsp3) is 0.450. The number of piperidine rings is 1. The average molecular weight is 325 g/mol. The summed E-state index contributed by atoms with van der Waals surface area (Å²) in [6.07, 6.45) is 1.15. The first-order valence-corrected chi connectivity index (χ1v) is 8.56. The molecule has 5 atom stereocenters. The summed E-state index contributed by atoms with van der Waals surface area (Å²) < 4.78 is 5.10. The van der Waals surface area contributed by atoms with E-state index in [2.05, 4.69) is 35.2 Å². The van der Waals surface area contributed by atoms with Crippen LogP contribution in [0.3, 0.4) is 0 Å². The van der Waals surface area contributed by atoms with Gasteiger partial charge in [-0.15, -0.1) is 0 Å². The van der Waals surface area contributed by atoms with Crippen molar-refractivity contribution in [1.29, 1.82) is 0 Å². The molecule has 0 radical (unpaired) electrons. The molecule has 126 valence electrons. The van der Waals surface area contributed by atoms with E-state index in [-0.39, 0.29) is 23.8 Å². The van der Waals surface area contributed by atoms with Gasteiger partial charge in [-0.25, -0.2) is 0 Å². The number of esters is 1. The number of hydrogen-bond donors (Lipinski definition) is 1. The number of rotatable bonds is 2. The molecule has 0 amide bonds. The van der Waals surface area contributed by atoms with Crippen LogP contribution in [0, 0.1) is 5.92 Å². The van der Waals surface area contributed by atoms with Gasteiger partial charge < -0.3 is 9.84 Å². The Bertz CT molecular complexity index is 774. The molecule has 2 fully saturated rings. The predicted molar refractivity (Wildman–Crippen MR) is 92.8 cm³/mol. The zero-order valence-corrected chi connectivity index (χ0v) is 14.1. The van der Waals surface area contributed by atoms with Gasteiger partial charge in [0.25, 0.3) is 0 Å². The molecule has 0 unspecified atom stereocenters. The van der Waals surface area contributed by atoms with Gasteiger partial charge in [0.2, 0.25) is 0 Å². The van der Waals surface area contributed by atoms with Crippen molar-refractivity contribution in [2.24, 2.45) is 5.92 Å². The standard InChI is InChI=1S/C20H23NO3/c1-21-15-10-16(18(20(23)24-2)19(21)17(22)11-15)14-8-7-12-5-3-4-6-13(12)9-14/h3-9,15-19,22H,10-11H2,1-2H3/t15-,16+,17+,18-,19+/m0/s1. The maximum absolute atomic E-state index is 12.5. The molecule has 4 nitrogen and oxygen atoms in total. The van der Waals surface area contributed by atoms with Gasteiger partial charge in [-0.1, -0.05) is 42.5 Å². The minimum absolute atomic E-state index is 0.0883. The molecule has 0 spiro atoms. The number of ether oxygens (including phenoxy) is 1. The number of aliphatic hydroxyl groups excluding tert-OH is 1. The van der Waals surface area contributed by atoms with Crippen molar-refractivity contribution in [2.75, 3.05) is 14.2 Å². The number of carbonyl (C=O) groups is 1. The topological polar surface area (TPSA) is 49.8 Å². The highest BCUT2D eigenvalue weighted by Crippen LogP contribution is 2.47. The average Bonchev–Trinajstić information content (AvgIpc) is 2.79. The van der Waals surface area contributed by atoms with Gasteiger partial charge in [-0.3, -0.25) is 9.69 Å². The first-order chi connectivity index (χ1) is 11.6. The van der Waals surface area contributed by atoms with E-state index in [0.29, 0.717) is 6.04 Å². The Balaban J connectivity index is 1.78. The summed E-state index contributed by atoms with van der Waals surface area (Å²) in [6.45, 7) is 0. The van der Waals surface area contributed by atoms with Crippen LogP contribution in [-0.2, 0) is 9.53 Å². The van der Waals surface area contributed by atoms with E-state index >= 15 is 0 Å². The van der Waals surface area contributed by atoms with E-state index in [0.717, 1.165) is 12.8 Å². The Labute approximate surface area is 142 Å². The second-order valence-corrected chi connectivity index (χ2v) is 7.11. The molecule has 2 saturated heterocycles. The number of aliphatic hydroxyl groups is 1. The number of methoxy groups -OCH3 is 1. The monoisotopic (exact) mass is 325 g/mol. The number of likely N-dealkylation sites (N-methyl/N-ethyl adjacent to an activating group) is 1. The van der Waals surface area contributed by atoms with Gasteiger partial charge in [0.1, 0.15) is 0 Å². The van der Waals surface area contributed by atoms with Crippen molar-refractivity contribution in [2.45, 2.75) is 36.9 Å². The molecule has 1 N–H and O–H groups in total. The summed E-state index contributed by atoms with van der Waals surface area (Å²) in [5.41, 5.74) is 1.17. The van der Waals surface area contributed by atoms with E-state index in [4.69, 9.17) is 4.74 Å². The third-order valence-corrected chi connectivity index (χ3v) is 5.96. The van der Waals surface area contributed by atoms with Crippen LogP contribution in [0.1, 0.15) is 24.3 Å². The molecule has 2 bridgehead atoms. The molecule has 4 rings (SSSR count). The zero-order valence-electron chi connectivity index (χ0n) is 14.1. The quantitative estimate of drug-likeness (QED) is 0.862. The molecule has 2 heterocycles. The number of carbonyl (C=O) groups excluding carboxylic acids is 1. The molecule has 0 aromatic heterocycles. The Morgan fingerprint density at radius 3 is 2.67 bits per heavy atom. The minimum atomic E-state index is -0.463. The molecule has 0 aliphatic carbocycles. The Morgan fingerprint density at radius 2 is 1.92 bits per heavy atom. The summed E-state index contributed by atoms with van der Waals surface area (Å²) >= 11 is 0. The highest BCUT2D eigenvalue weighted by molar-refractivity contribution is 5.83. The zero-order chi connectivity index (χ0) is 16.8. The molecular weight excluding hydrogens is 302 g/mol. The molecule has 0 saturated carbocycles. The maximum Gasteiger partial charge on any atom is 0.310 e. The highest BCUT2D eigenvalue weighted by Gasteiger charge is 2.53. The van der Waals surface area contributed by atoms with Gasteiger partial charge >= 0.3 is 5.97 Å². The summed E-state index contributed by atoms with van der Waals surface area (Å²) in [6, 6.07) is 14.9. The molecule has 2 aromatic carbocycles. The summed E-state index contributed by atoms with van der Waals surface area (Å²) in [7, 11) is 3.45. The first-order valence-electron chi connectivity index (χ1n) is 8.56. The van der Waals surface area contributed by atoms with Crippen molar-refractivity contribution in [3.63, 3.8) is 0 Å². The predicted octanol–water partition coefficient (Wildman–Crippen LogP) is 2.55. The Kier molecular flexibility index (Phi) is 3.82. The molecule has 4 heteroatoms. The van der Waals surface area contributed by atoms with Crippen LogP contribution in [0.25, 0.3) is 10.8 Å². The van der Waals surface area contributed by atoms with E-state index in [9.17, 15) is 9.90 Å². The highest BCUT2D eigenvalue weighted by atomic mass is 16.5. The normalized spacial score (nSPS) is 32.9. The largest absolute Gasteiger partial charge is 0.469 e. The third-order valence-electron chi connectivity index (χ3n) is 5.96. The second-order valence-electron chi connectivity index (χ2n) is 7.11. The lowest BCUT2D eigenvalue weighted by atomic mass is 9.75. The van der Waals surface area contributed by atoms with E-state index in [1.165, 1.54) is 23.4 Å². The summed E-state index contributed by atoms with van der Waals surface area (Å²) in [5.74, 6) is -0.454. The van der Waals surface area contributed by atoms with Gasteiger partial charge in [0.05, 0.1) is 19.1 Å². The van der Waals surface area contributed by atoms with Crippen molar-refractivity contribution in [3.8, 4) is 0 Å². The molecule has 2 aromatic rings. The van der Waals surface area contributed by atoms with E-state index in [1.54, 1.807) is 0 Å². The van der Waals surface area contributed by atoms with E-state index < -0.39 is 6.10 Å². The molecule has 2 aliphatic rings. The van der Waals surface area contributed by atoms with Crippen molar-refractivity contribution in [1.82, 2.24) is 4.90 Å². The van der Waals surface area contributed by atoms with Crippen LogP contribution in [0.4, 0.5) is 0 Å². The van der Waals surface area contributed by atoms with Crippen molar-refractivity contribution < 1.29 is 14.6 Å². The molecular formula is C20H23NO3. The lowest BCUT2D eigenvalue weighted by Gasteiger charge is -2.42. The molecule has 2 aliphatic heterocycles. The third kappa shape index (κ3) is 2.33. The Hall–Kier alpha value is -1.91. The van der Waals surface area contributed by atoms with E-state index in [1.807, 2.05) is 19.2 Å². The summed E-state index contributed by atoms with van der Waals surface area (Å²) in [5, 5.41) is 12.9. The maximum atomic E-state index is 12.5. The Morgan fingerprint density at radius 1 is 1.17 bits per heavy atom. The summed E-state index contributed by atoms with van der Waals surface area (Å²) in [4.78, 5) is 14.7. The van der Waals surface area contributed by atoms with Crippen LogP contribution in [0.2, 0.25) is 0 Å². The van der Waals surface area contributed by atoms with Crippen LogP contribution in [0.15, 0.2) is 42.5 Å². The van der Waals surface area contributed by atoms with Crippen LogP contribution >= 0.6 is 0 Å². The van der Waals surface area contributed by atoms with Gasteiger partial charge in [-0.2, -0.15) is 0 Å².